The minimum Gasteiger partial charge on any atom is -0.475 e. The number of anilines is 1. The Bertz CT molecular complexity index is 364. The second-order valence-corrected chi connectivity index (χ2v) is 3.28. The van der Waals surface area contributed by atoms with Crippen molar-refractivity contribution in [3.05, 3.63) is 17.8 Å². The Labute approximate surface area is 88.2 Å². The normalized spacial score (nSPS) is 10.1. The van der Waals surface area contributed by atoms with Gasteiger partial charge < -0.3 is 15.2 Å². The first kappa shape index (κ1) is 11.3. The van der Waals surface area contributed by atoms with E-state index in [-0.39, 0.29) is 11.8 Å². The molecule has 0 saturated carbocycles. The minimum absolute atomic E-state index is 0.0233. The van der Waals surface area contributed by atoms with Crippen LogP contribution >= 0.6 is 0 Å². The third kappa shape index (κ3) is 3.12. The van der Waals surface area contributed by atoms with Gasteiger partial charge in [0, 0.05) is 11.8 Å². The molecule has 0 aliphatic heterocycles. The molecule has 0 saturated heterocycles. The number of pyridine rings is 1. The van der Waals surface area contributed by atoms with E-state index in [4.69, 9.17) is 10.5 Å². The van der Waals surface area contributed by atoms with E-state index in [1.54, 1.807) is 6.07 Å². The average Bonchev–Trinajstić information content (AvgIpc) is 2.14. The van der Waals surface area contributed by atoms with Crippen molar-refractivity contribution in [2.75, 3.05) is 12.8 Å². The third-order valence-electron chi connectivity index (χ3n) is 1.58. The highest BCUT2D eigenvalue weighted by atomic mass is 16.5. The van der Waals surface area contributed by atoms with Gasteiger partial charge in [0.15, 0.2) is 5.69 Å². The Morgan fingerprint density at radius 2 is 2.13 bits per heavy atom. The molecular formula is C10H14N2O3. The molecule has 0 spiro atoms. The molecular weight excluding hydrogens is 196 g/mol. The van der Waals surface area contributed by atoms with Crippen molar-refractivity contribution in [2.45, 2.75) is 20.0 Å². The number of hydrogen-bond donors (Lipinski definition) is 1. The number of nitrogen functional groups attached to an aromatic ring is 1. The predicted octanol–water partition coefficient (Wildman–Crippen LogP) is 1.24. The van der Waals surface area contributed by atoms with E-state index in [1.165, 1.54) is 13.2 Å². The quantitative estimate of drug-likeness (QED) is 0.759. The number of ether oxygens (including phenoxy) is 2. The highest BCUT2D eigenvalue weighted by molar-refractivity contribution is 5.88. The Kier molecular flexibility index (Phi) is 3.49. The summed E-state index contributed by atoms with van der Waals surface area (Å²) in [6.07, 6.45) is -0.0233. The van der Waals surface area contributed by atoms with Gasteiger partial charge in [0.25, 0.3) is 0 Å². The Balaban J connectivity index is 2.99. The number of nitrogens with zero attached hydrogens (tertiary/aromatic N) is 1. The van der Waals surface area contributed by atoms with Gasteiger partial charge in [0.1, 0.15) is 0 Å². The molecule has 5 heteroatoms. The zero-order chi connectivity index (χ0) is 11.4. The van der Waals surface area contributed by atoms with Crippen molar-refractivity contribution in [1.29, 1.82) is 0 Å². The van der Waals surface area contributed by atoms with E-state index >= 15 is 0 Å². The number of methoxy groups -OCH3 is 1. The van der Waals surface area contributed by atoms with E-state index in [9.17, 15) is 4.79 Å². The van der Waals surface area contributed by atoms with E-state index in [1.807, 2.05) is 13.8 Å². The highest BCUT2D eigenvalue weighted by Gasteiger charge is 2.10. The Morgan fingerprint density at radius 1 is 1.47 bits per heavy atom. The Hall–Kier alpha value is -1.78. The lowest BCUT2D eigenvalue weighted by Crippen LogP contribution is -2.11. The molecule has 0 atom stereocenters. The zero-order valence-corrected chi connectivity index (χ0v) is 8.98. The van der Waals surface area contributed by atoms with Crippen molar-refractivity contribution >= 4 is 11.7 Å². The molecule has 0 aliphatic rings. The van der Waals surface area contributed by atoms with Crippen LogP contribution in [-0.2, 0) is 4.74 Å². The maximum Gasteiger partial charge on any atom is 0.356 e. The van der Waals surface area contributed by atoms with E-state index < -0.39 is 5.97 Å². The molecule has 0 fully saturated rings. The van der Waals surface area contributed by atoms with Gasteiger partial charge in [-0.2, -0.15) is 0 Å². The molecule has 0 aromatic carbocycles. The zero-order valence-electron chi connectivity index (χ0n) is 8.98. The van der Waals surface area contributed by atoms with Crippen LogP contribution in [0.1, 0.15) is 24.3 Å². The van der Waals surface area contributed by atoms with Crippen LogP contribution in [0.25, 0.3) is 0 Å². The summed E-state index contributed by atoms with van der Waals surface area (Å²) < 4.78 is 9.87. The number of aromatic nitrogens is 1. The molecule has 82 valence electrons. The van der Waals surface area contributed by atoms with Gasteiger partial charge in [-0.1, -0.05) is 0 Å². The summed E-state index contributed by atoms with van der Waals surface area (Å²) in [4.78, 5) is 15.2. The lowest BCUT2D eigenvalue weighted by atomic mass is 10.3. The predicted molar refractivity (Wildman–Crippen MR) is 55.8 cm³/mol. The number of rotatable bonds is 3. The van der Waals surface area contributed by atoms with Crippen LogP contribution in [0.5, 0.6) is 5.88 Å². The minimum atomic E-state index is -0.532. The van der Waals surface area contributed by atoms with Crippen molar-refractivity contribution in [2.24, 2.45) is 0 Å². The molecule has 1 aromatic heterocycles. The van der Waals surface area contributed by atoms with Gasteiger partial charge in [-0.15, -0.1) is 0 Å². The SMILES string of the molecule is COC(=O)c1cc(N)cc(OC(C)C)n1. The van der Waals surface area contributed by atoms with Gasteiger partial charge in [0.05, 0.1) is 13.2 Å². The van der Waals surface area contributed by atoms with Gasteiger partial charge in [-0.3, -0.25) is 0 Å². The van der Waals surface area contributed by atoms with Crippen LogP contribution in [0.3, 0.4) is 0 Å². The van der Waals surface area contributed by atoms with Crippen LogP contribution in [0.2, 0.25) is 0 Å². The number of carbonyl (C=O) groups excluding carboxylic acids is 1. The van der Waals surface area contributed by atoms with Crippen LogP contribution in [-0.4, -0.2) is 24.2 Å². The lowest BCUT2D eigenvalue weighted by molar-refractivity contribution is 0.0592. The largest absolute Gasteiger partial charge is 0.475 e. The van der Waals surface area contributed by atoms with E-state index in [0.29, 0.717) is 11.6 Å². The van der Waals surface area contributed by atoms with E-state index in [2.05, 4.69) is 9.72 Å². The molecule has 1 rings (SSSR count). The number of nitrogens with two attached hydrogens (primary N) is 1. The second-order valence-electron chi connectivity index (χ2n) is 3.28. The van der Waals surface area contributed by atoms with Gasteiger partial charge in [-0.25, -0.2) is 9.78 Å². The third-order valence-corrected chi connectivity index (χ3v) is 1.58. The number of hydrogen-bond acceptors (Lipinski definition) is 5. The molecule has 0 unspecified atom stereocenters. The molecule has 1 heterocycles. The molecule has 5 nitrogen and oxygen atoms in total. The van der Waals surface area contributed by atoms with Crippen LogP contribution in [0, 0.1) is 0 Å². The highest BCUT2D eigenvalue weighted by Crippen LogP contribution is 2.16. The van der Waals surface area contributed by atoms with E-state index in [0.717, 1.165) is 0 Å². The first-order chi connectivity index (χ1) is 7.02. The fraction of sp³-hybridized carbons (Fsp3) is 0.400. The molecule has 0 radical (unpaired) electrons. The van der Waals surface area contributed by atoms with Crippen molar-refractivity contribution in [3.8, 4) is 5.88 Å². The van der Waals surface area contributed by atoms with Crippen LogP contribution < -0.4 is 10.5 Å². The summed E-state index contributed by atoms with van der Waals surface area (Å²) in [5.41, 5.74) is 6.16. The summed E-state index contributed by atoms with van der Waals surface area (Å²) in [6.45, 7) is 3.73. The molecule has 15 heavy (non-hydrogen) atoms. The molecule has 0 amide bonds. The molecule has 1 aromatic rings. The smallest absolute Gasteiger partial charge is 0.356 e. The fourth-order valence-corrected chi connectivity index (χ4v) is 1.04. The molecule has 2 N–H and O–H groups in total. The summed E-state index contributed by atoms with van der Waals surface area (Å²) >= 11 is 0. The van der Waals surface area contributed by atoms with Crippen molar-refractivity contribution in [1.82, 2.24) is 4.98 Å². The maximum absolute atomic E-state index is 11.2. The summed E-state index contributed by atoms with van der Waals surface area (Å²) in [5.74, 6) is -0.207. The van der Waals surface area contributed by atoms with Crippen molar-refractivity contribution < 1.29 is 14.3 Å². The maximum atomic E-state index is 11.2. The lowest BCUT2D eigenvalue weighted by Gasteiger charge is -2.10. The van der Waals surface area contributed by atoms with Crippen LogP contribution in [0.4, 0.5) is 5.69 Å². The first-order valence-electron chi connectivity index (χ1n) is 4.55. The Morgan fingerprint density at radius 3 is 2.67 bits per heavy atom. The first-order valence-corrected chi connectivity index (χ1v) is 4.55. The van der Waals surface area contributed by atoms with Gasteiger partial charge in [0.2, 0.25) is 5.88 Å². The summed E-state index contributed by atoms with van der Waals surface area (Å²) in [5, 5.41) is 0. The number of esters is 1. The van der Waals surface area contributed by atoms with Gasteiger partial charge >= 0.3 is 5.97 Å². The number of carbonyl (C=O) groups is 1. The fourth-order valence-electron chi connectivity index (χ4n) is 1.04. The van der Waals surface area contributed by atoms with Crippen molar-refractivity contribution in [3.63, 3.8) is 0 Å². The molecule has 0 bridgehead atoms. The van der Waals surface area contributed by atoms with Crippen LogP contribution in [0.15, 0.2) is 12.1 Å². The average molecular weight is 210 g/mol. The topological polar surface area (TPSA) is 74.4 Å². The standard InChI is InChI=1S/C10H14N2O3/c1-6(2)15-9-5-7(11)4-8(12-9)10(13)14-3/h4-6H,1-3H3,(H2,11,12). The second kappa shape index (κ2) is 4.63. The summed E-state index contributed by atoms with van der Waals surface area (Å²) in [7, 11) is 1.29. The summed E-state index contributed by atoms with van der Waals surface area (Å²) in [6, 6.07) is 3.01. The monoisotopic (exact) mass is 210 g/mol. The van der Waals surface area contributed by atoms with Gasteiger partial charge in [-0.05, 0) is 19.9 Å². The molecule has 0 aliphatic carbocycles.